The lowest BCUT2D eigenvalue weighted by atomic mass is 10.2. The summed E-state index contributed by atoms with van der Waals surface area (Å²) in [6.45, 7) is 1.86. The predicted molar refractivity (Wildman–Crippen MR) is 60.6 cm³/mol. The molecule has 0 aliphatic heterocycles. The number of hydrogen-bond acceptors (Lipinski definition) is 5. The molecule has 2 rings (SSSR count). The molecule has 0 atom stereocenters. The zero-order valence-electron chi connectivity index (χ0n) is 10.2. The number of halogens is 3. The Bertz CT molecular complexity index is 607. The van der Waals surface area contributed by atoms with Crippen LogP contribution >= 0.6 is 0 Å². The Kier molecular flexibility index (Phi) is 3.68. The van der Waals surface area contributed by atoms with E-state index in [2.05, 4.69) is 20.2 Å². The number of carbonyl (C=O) groups is 1. The monoisotopic (exact) mass is 286 g/mol. The molecular formula is C11H9F3N4O2. The van der Waals surface area contributed by atoms with E-state index in [1.54, 1.807) is 6.92 Å². The number of hydrogen-bond donors (Lipinski definition) is 1. The molecule has 2 aromatic rings. The molecule has 0 unspecified atom stereocenters. The van der Waals surface area contributed by atoms with Crippen molar-refractivity contribution >= 4 is 5.97 Å². The fourth-order valence-corrected chi connectivity index (χ4v) is 1.39. The minimum Gasteiger partial charge on any atom is -0.461 e. The molecule has 6 nitrogen and oxygen atoms in total. The highest BCUT2D eigenvalue weighted by Gasteiger charge is 2.34. The highest BCUT2D eigenvalue weighted by molar-refractivity contribution is 5.88. The minimum atomic E-state index is -4.60. The summed E-state index contributed by atoms with van der Waals surface area (Å²) in [5.41, 5.74) is 0.605. The largest absolute Gasteiger partial charge is 0.461 e. The van der Waals surface area contributed by atoms with Crippen molar-refractivity contribution in [3.63, 3.8) is 0 Å². The third-order valence-corrected chi connectivity index (χ3v) is 2.27. The van der Waals surface area contributed by atoms with Crippen molar-refractivity contribution < 1.29 is 22.7 Å². The third kappa shape index (κ3) is 2.92. The van der Waals surface area contributed by atoms with Crippen LogP contribution in [0.2, 0.25) is 0 Å². The van der Waals surface area contributed by atoms with Crippen LogP contribution in [-0.2, 0) is 10.9 Å². The first-order valence-electron chi connectivity index (χ1n) is 5.54. The molecule has 9 heteroatoms. The molecule has 0 spiro atoms. The molecular weight excluding hydrogens is 277 g/mol. The quantitative estimate of drug-likeness (QED) is 0.873. The van der Waals surface area contributed by atoms with Crippen molar-refractivity contribution in [1.29, 1.82) is 0 Å². The number of esters is 1. The summed E-state index contributed by atoms with van der Waals surface area (Å²) < 4.78 is 41.7. The molecule has 0 saturated heterocycles. The second-order valence-corrected chi connectivity index (χ2v) is 3.68. The molecule has 0 aliphatic carbocycles. The van der Waals surface area contributed by atoms with Crippen LogP contribution in [-0.4, -0.2) is 32.7 Å². The smallest absolute Gasteiger partial charge is 0.451 e. The lowest BCUT2D eigenvalue weighted by Gasteiger charge is -2.03. The van der Waals surface area contributed by atoms with E-state index in [-0.39, 0.29) is 23.6 Å². The van der Waals surface area contributed by atoms with Gasteiger partial charge in [-0.2, -0.15) is 18.3 Å². The number of ether oxygens (including phenoxy) is 1. The number of rotatable bonds is 3. The van der Waals surface area contributed by atoms with Gasteiger partial charge in [-0.1, -0.05) is 0 Å². The van der Waals surface area contributed by atoms with Crippen LogP contribution in [0, 0.1) is 0 Å². The average molecular weight is 286 g/mol. The lowest BCUT2D eigenvalue weighted by Crippen LogP contribution is -2.10. The van der Waals surface area contributed by atoms with Crippen LogP contribution in [0.1, 0.15) is 23.2 Å². The Labute approximate surface area is 111 Å². The molecule has 0 fully saturated rings. The second-order valence-electron chi connectivity index (χ2n) is 3.68. The Morgan fingerprint density at radius 3 is 2.55 bits per heavy atom. The maximum atomic E-state index is 12.3. The van der Waals surface area contributed by atoms with Crippen molar-refractivity contribution in [2.45, 2.75) is 13.1 Å². The number of aromatic nitrogens is 4. The Hall–Kier alpha value is -2.45. The number of aromatic amines is 1. The van der Waals surface area contributed by atoms with Crippen LogP contribution < -0.4 is 0 Å². The van der Waals surface area contributed by atoms with Gasteiger partial charge in [0.15, 0.2) is 0 Å². The number of nitrogens with one attached hydrogen (secondary N) is 1. The molecule has 2 aromatic heterocycles. The van der Waals surface area contributed by atoms with Crippen molar-refractivity contribution in [3.8, 4) is 11.3 Å². The van der Waals surface area contributed by atoms with Crippen molar-refractivity contribution in [2.24, 2.45) is 0 Å². The van der Waals surface area contributed by atoms with E-state index in [4.69, 9.17) is 4.74 Å². The number of carbonyl (C=O) groups excluding carboxylic acids is 1. The van der Waals surface area contributed by atoms with Crippen LogP contribution in [0.5, 0.6) is 0 Å². The summed E-state index contributed by atoms with van der Waals surface area (Å²) in [4.78, 5) is 17.8. The Morgan fingerprint density at radius 1 is 1.35 bits per heavy atom. The highest BCUT2D eigenvalue weighted by atomic mass is 19.4. The summed E-state index contributed by atoms with van der Waals surface area (Å²) in [7, 11) is 0. The molecule has 0 radical (unpaired) electrons. The van der Waals surface area contributed by atoms with Gasteiger partial charge in [0, 0.05) is 18.0 Å². The van der Waals surface area contributed by atoms with E-state index in [0.29, 0.717) is 0 Å². The SMILES string of the molecule is CCOC(=O)c1cc(-c2cnc(C(F)(F)F)nc2)n[nH]1. The van der Waals surface area contributed by atoms with Gasteiger partial charge in [-0.25, -0.2) is 14.8 Å². The molecule has 106 valence electrons. The molecule has 1 N–H and O–H groups in total. The van der Waals surface area contributed by atoms with E-state index in [9.17, 15) is 18.0 Å². The number of nitrogens with zero attached hydrogens (tertiary/aromatic N) is 3. The Morgan fingerprint density at radius 2 is 2.00 bits per heavy atom. The van der Waals surface area contributed by atoms with E-state index >= 15 is 0 Å². The van der Waals surface area contributed by atoms with Gasteiger partial charge < -0.3 is 4.74 Å². The molecule has 0 saturated carbocycles. The van der Waals surface area contributed by atoms with Crippen molar-refractivity contribution in [2.75, 3.05) is 6.61 Å². The fraction of sp³-hybridized carbons (Fsp3) is 0.273. The van der Waals surface area contributed by atoms with Crippen LogP contribution in [0.15, 0.2) is 18.5 Å². The summed E-state index contributed by atoms with van der Waals surface area (Å²) in [5, 5.41) is 6.23. The van der Waals surface area contributed by atoms with Gasteiger partial charge in [0.1, 0.15) is 5.69 Å². The topological polar surface area (TPSA) is 80.8 Å². The molecule has 2 heterocycles. The van der Waals surface area contributed by atoms with E-state index < -0.39 is 18.0 Å². The van der Waals surface area contributed by atoms with E-state index in [1.807, 2.05) is 0 Å². The third-order valence-electron chi connectivity index (χ3n) is 2.27. The van der Waals surface area contributed by atoms with Gasteiger partial charge in [0.2, 0.25) is 5.82 Å². The van der Waals surface area contributed by atoms with E-state index in [0.717, 1.165) is 12.4 Å². The maximum Gasteiger partial charge on any atom is 0.451 e. The average Bonchev–Trinajstić information content (AvgIpc) is 2.88. The minimum absolute atomic E-state index is 0.0988. The van der Waals surface area contributed by atoms with E-state index in [1.165, 1.54) is 6.07 Å². The highest BCUT2D eigenvalue weighted by Crippen LogP contribution is 2.26. The fourth-order valence-electron chi connectivity index (χ4n) is 1.39. The normalized spacial score (nSPS) is 11.4. The molecule has 0 aromatic carbocycles. The van der Waals surface area contributed by atoms with Crippen molar-refractivity contribution in [3.05, 3.63) is 30.0 Å². The van der Waals surface area contributed by atoms with Gasteiger partial charge in [-0.3, -0.25) is 5.10 Å². The Balaban J connectivity index is 2.22. The molecule has 0 aliphatic rings. The molecule has 20 heavy (non-hydrogen) atoms. The molecule has 0 amide bonds. The van der Waals surface area contributed by atoms with Gasteiger partial charge in [0.05, 0.1) is 12.3 Å². The van der Waals surface area contributed by atoms with Gasteiger partial charge in [-0.15, -0.1) is 0 Å². The first-order chi connectivity index (χ1) is 9.41. The first-order valence-corrected chi connectivity index (χ1v) is 5.54. The zero-order valence-corrected chi connectivity index (χ0v) is 10.2. The van der Waals surface area contributed by atoms with Crippen LogP contribution in [0.4, 0.5) is 13.2 Å². The summed E-state index contributed by atoms with van der Waals surface area (Å²) in [6, 6.07) is 1.35. The lowest BCUT2D eigenvalue weighted by molar-refractivity contribution is -0.144. The number of alkyl halides is 3. The summed E-state index contributed by atoms with van der Waals surface area (Å²) in [6.07, 6.45) is -2.62. The number of H-pyrrole nitrogens is 1. The molecule has 0 bridgehead atoms. The van der Waals surface area contributed by atoms with Gasteiger partial charge in [0.25, 0.3) is 0 Å². The second kappa shape index (κ2) is 5.27. The first kappa shape index (κ1) is 14.0. The van der Waals surface area contributed by atoms with Gasteiger partial charge in [-0.05, 0) is 13.0 Å². The zero-order chi connectivity index (χ0) is 14.8. The predicted octanol–water partition coefficient (Wildman–Crippen LogP) is 2.06. The van der Waals surface area contributed by atoms with Gasteiger partial charge >= 0.3 is 12.1 Å². The summed E-state index contributed by atoms with van der Waals surface area (Å²) >= 11 is 0. The standard InChI is InChI=1S/C11H9F3N4O2/c1-2-20-9(19)8-3-7(17-18-8)6-4-15-10(16-5-6)11(12,13)14/h3-5H,2H2,1H3,(H,17,18). The van der Waals surface area contributed by atoms with Crippen molar-refractivity contribution in [1.82, 2.24) is 20.2 Å². The maximum absolute atomic E-state index is 12.3. The van der Waals surface area contributed by atoms with Crippen LogP contribution in [0.3, 0.4) is 0 Å². The summed E-state index contributed by atoms with van der Waals surface area (Å²) in [5.74, 6) is -1.83. The van der Waals surface area contributed by atoms with Crippen LogP contribution in [0.25, 0.3) is 11.3 Å².